The smallest absolute Gasteiger partial charge is 0.328 e. The Bertz CT molecular complexity index is 1300. The molecular weight excluding hydrogens is 580 g/mol. The molecule has 246 valence electrons. The van der Waals surface area contributed by atoms with Gasteiger partial charge in [-0.1, -0.05) is 64.4 Å². The van der Waals surface area contributed by atoms with Crippen LogP contribution in [0, 0.1) is 18.3 Å². The Balaban J connectivity index is 1.98. The van der Waals surface area contributed by atoms with E-state index in [4.69, 9.17) is 4.74 Å². The van der Waals surface area contributed by atoms with E-state index < -0.39 is 47.8 Å². The summed E-state index contributed by atoms with van der Waals surface area (Å²) in [6, 6.07) is 11.2. The number of rotatable bonds is 16. The van der Waals surface area contributed by atoms with E-state index in [1.165, 1.54) is 0 Å². The molecule has 2 aromatic rings. The largest absolute Gasteiger partial charge is 0.480 e. The van der Waals surface area contributed by atoms with Gasteiger partial charge in [0.15, 0.2) is 6.04 Å². The van der Waals surface area contributed by atoms with Crippen LogP contribution in [0.4, 0.5) is 16.2 Å². The molecule has 0 fully saturated rings. The average molecular weight is 627 g/mol. The number of aliphatic carboxylic acids is 2. The van der Waals surface area contributed by atoms with E-state index >= 15 is 0 Å². The average Bonchev–Trinajstić information content (AvgIpc) is 2.93. The van der Waals surface area contributed by atoms with Gasteiger partial charge in [-0.25, -0.2) is 14.4 Å². The van der Waals surface area contributed by atoms with Crippen molar-refractivity contribution in [2.45, 2.75) is 78.8 Å². The van der Waals surface area contributed by atoms with Crippen molar-refractivity contribution in [2.75, 3.05) is 23.8 Å². The molecule has 2 rings (SSSR count). The van der Waals surface area contributed by atoms with Crippen LogP contribution in [0.3, 0.4) is 0 Å². The first kappa shape index (κ1) is 36.7. The molecule has 6 N–H and O–H groups in total. The number of urea groups is 1. The molecule has 0 saturated heterocycles. The molecule has 2 aromatic carbocycles. The maximum Gasteiger partial charge on any atom is 0.328 e. The summed E-state index contributed by atoms with van der Waals surface area (Å²) < 4.78 is 5.40. The van der Waals surface area contributed by atoms with Gasteiger partial charge in [0, 0.05) is 30.8 Å². The maximum atomic E-state index is 13.3. The Morgan fingerprint density at radius 2 is 1.33 bits per heavy atom. The molecule has 0 bridgehead atoms. The van der Waals surface area contributed by atoms with Crippen LogP contribution in [0.25, 0.3) is 0 Å². The number of anilines is 2. The van der Waals surface area contributed by atoms with Gasteiger partial charge in [0.05, 0.1) is 12.5 Å². The van der Waals surface area contributed by atoms with E-state index in [0.717, 1.165) is 5.56 Å². The van der Waals surface area contributed by atoms with Crippen LogP contribution in [-0.2, 0) is 23.9 Å². The van der Waals surface area contributed by atoms with Crippen molar-refractivity contribution < 1.29 is 38.9 Å². The van der Waals surface area contributed by atoms with Crippen LogP contribution >= 0.6 is 0 Å². The first-order chi connectivity index (χ1) is 21.0. The van der Waals surface area contributed by atoms with Gasteiger partial charge in [0.25, 0.3) is 0 Å². The standard InChI is InChI=1S/C33H46N4O8/c1-20(2)17-25(22-9-13-24(14-10-22)35-32(44)34-23-11-7-21(3)8-12-23)29(39)37-26(30(40)41)15-16-45-19-27(31(42)43)36-28(38)18-33(4,5)6/h7-14,20,25-27H,15-19H2,1-6H3,(H,36,38)(H,37,39)(H,40,41)(H,42,43)(H2,34,35,44). The van der Waals surface area contributed by atoms with Gasteiger partial charge in [0.2, 0.25) is 11.8 Å². The summed E-state index contributed by atoms with van der Waals surface area (Å²) in [5, 5.41) is 29.7. The summed E-state index contributed by atoms with van der Waals surface area (Å²) in [7, 11) is 0. The normalized spacial score (nSPS) is 13.3. The van der Waals surface area contributed by atoms with E-state index in [2.05, 4.69) is 21.3 Å². The number of benzene rings is 2. The minimum Gasteiger partial charge on any atom is -0.480 e. The third kappa shape index (κ3) is 13.8. The maximum absolute atomic E-state index is 13.3. The summed E-state index contributed by atoms with van der Waals surface area (Å²) in [4.78, 5) is 61.4. The van der Waals surface area contributed by atoms with Crippen molar-refractivity contribution in [3.8, 4) is 0 Å². The summed E-state index contributed by atoms with van der Waals surface area (Å²) in [5.74, 6) is -3.98. The molecule has 0 radical (unpaired) electrons. The lowest BCUT2D eigenvalue weighted by molar-refractivity contribution is -0.145. The highest BCUT2D eigenvalue weighted by Crippen LogP contribution is 2.26. The minimum absolute atomic E-state index is 0.114. The molecule has 0 aliphatic heterocycles. The van der Waals surface area contributed by atoms with Crippen molar-refractivity contribution in [1.82, 2.24) is 10.6 Å². The zero-order valence-electron chi connectivity index (χ0n) is 26.8. The second-order valence-corrected chi connectivity index (χ2v) is 12.7. The topological polar surface area (TPSA) is 183 Å². The number of aryl methyl sites for hydroxylation is 1. The third-order valence-electron chi connectivity index (χ3n) is 6.68. The first-order valence-corrected chi connectivity index (χ1v) is 14.9. The van der Waals surface area contributed by atoms with E-state index in [1.807, 2.05) is 53.7 Å². The van der Waals surface area contributed by atoms with Crippen LogP contribution in [0.2, 0.25) is 0 Å². The van der Waals surface area contributed by atoms with Crippen molar-refractivity contribution in [3.63, 3.8) is 0 Å². The molecular formula is C33H46N4O8. The highest BCUT2D eigenvalue weighted by Gasteiger charge is 2.28. The molecule has 12 nitrogen and oxygen atoms in total. The molecule has 0 spiro atoms. The molecule has 12 heteroatoms. The van der Waals surface area contributed by atoms with Crippen LogP contribution in [0.5, 0.6) is 0 Å². The summed E-state index contributed by atoms with van der Waals surface area (Å²) in [6.07, 6.45) is 0.463. The van der Waals surface area contributed by atoms with Crippen molar-refractivity contribution in [2.24, 2.45) is 11.3 Å². The number of carbonyl (C=O) groups is 5. The number of amides is 4. The van der Waals surface area contributed by atoms with Gasteiger partial charge in [-0.15, -0.1) is 0 Å². The molecule has 45 heavy (non-hydrogen) atoms. The summed E-state index contributed by atoms with van der Waals surface area (Å²) in [6.45, 7) is 10.9. The highest BCUT2D eigenvalue weighted by molar-refractivity contribution is 5.99. The second-order valence-electron chi connectivity index (χ2n) is 12.7. The number of carbonyl (C=O) groups excluding carboxylic acids is 3. The Morgan fingerprint density at radius 1 is 0.800 bits per heavy atom. The van der Waals surface area contributed by atoms with Gasteiger partial charge >= 0.3 is 18.0 Å². The number of nitrogens with one attached hydrogen (secondary N) is 4. The minimum atomic E-state index is -1.29. The fourth-order valence-electron chi connectivity index (χ4n) is 4.43. The lowest BCUT2D eigenvalue weighted by Gasteiger charge is -2.23. The van der Waals surface area contributed by atoms with Crippen LogP contribution in [0.15, 0.2) is 48.5 Å². The number of hydrogen-bond acceptors (Lipinski definition) is 6. The van der Waals surface area contributed by atoms with Crippen molar-refractivity contribution in [3.05, 3.63) is 59.7 Å². The summed E-state index contributed by atoms with van der Waals surface area (Å²) in [5.41, 5.74) is 2.56. The third-order valence-corrected chi connectivity index (χ3v) is 6.68. The van der Waals surface area contributed by atoms with Gasteiger partial charge in [-0.05, 0) is 54.5 Å². The van der Waals surface area contributed by atoms with Crippen molar-refractivity contribution >= 4 is 41.2 Å². The van der Waals surface area contributed by atoms with E-state index in [9.17, 15) is 34.2 Å². The quantitative estimate of drug-likeness (QED) is 0.144. The van der Waals surface area contributed by atoms with E-state index in [1.54, 1.807) is 36.4 Å². The molecule has 0 aliphatic carbocycles. The first-order valence-electron chi connectivity index (χ1n) is 14.9. The Hall–Kier alpha value is -4.45. The molecule has 0 aliphatic rings. The van der Waals surface area contributed by atoms with E-state index in [0.29, 0.717) is 23.4 Å². The van der Waals surface area contributed by atoms with Gasteiger partial charge < -0.3 is 36.2 Å². The molecule has 0 heterocycles. The molecule has 3 unspecified atom stereocenters. The molecule has 3 atom stereocenters. The lowest BCUT2D eigenvalue weighted by atomic mass is 9.89. The molecule has 4 amide bonds. The fourth-order valence-corrected chi connectivity index (χ4v) is 4.43. The zero-order valence-corrected chi connectivity index (χ0v) is 26.8. The van der Waals surface area contributed by atoms with Gasteiger partial charge in [-0.3, -0.25) is 9.59 Å². The van der Waals surface area contributed by atoms with E-state index in [-0.39, 0.29) is 37.4 Å². The Labute approximate surface area is 264 Å². The highest BCUT2D eigenvalue weighted by atomic mass is 16.5. The Kier molecular flexibility index (Phi) is 14.0. The van der Waals surface area contributed by atoms with Gasteiger partial charge in [-0.2, -0.15) is 0 Å². The number of hydrogen-bond donors (Lipinski definition) is 6. The van der Waals surface area contributed by atoms with Gasteiger partial charge in [0.1, 0.15) is 6.04 Å². The fraction of sp³-hybridized carbons (Fsp3) is 0.485. The lowest BCUT2D eigenvalue weighted by Crippen LogP contribution is -2.46. The monoisotopic (exact) mass is 626 g/mol. The van der Waals surface area contributed by atoms with Crippen LogP contribution in [0.1, 0.15) is 70.9 Å². The molecule has 0 saturated carbocycles. The Morgan fingerprint density at radius 3 is 1.82 bits per heavy atom. The van der Waals surface area contributed by atoms with Crippen molar-refractivity contribution in [1.29, 1.82) is 0 Å². The molecule has 0 aromatic heterocycles. The predicted octanol–water partition coefficient (Wildman–Crippen LogP) is 4.75. The van der Waals surface area contributed by atoms with Crippen LogP contribution in [-0.4, -0.2) is 65.3 Å². The predicted molar refractivity (Wildman–Crippen MR) is 171 cm³/mol. The zero-order chi connectivity index (χ0) is 33.7. The number of carboxylic acid groups (broad SMARTS) is 2. The number of carboxylic acids is 2. The summed E-state index contributed by atoms with van der Waals surface area (Å²) >= 11 is 0. The SMILES string of the molecule is Cc1ccc(NC(=O)Nc2ccc(C(CC(C)C)C(=O)NC(CCOCC(NC(=O)CC(C)(C)C)C(=O)O)C(=O)O)cc2)cc1. The number of ether oxygens (including phenoxy) is 1. The second kappa shape index (κ2) is 17.1. The van der Waals surface area contributed by atoms with Crippen LogP contribution < -0.4 is 21.3 Å².